The molecular weight excluding hydrogens is 316 g/mol. The van der Waals surface area contributed by atoms with Gasteiger partial charge in [-0.2, -0.15) is 0 Å². The van der Waals surface area contributed by atoms with Gasteiger partial charge in [0, 0.05) is 43.4 Å². The van der Waals surface area contributed by atoms with E-state index in [1.165, 1.54) is 12.7 Å². The summed E-state index contributed by atoms with van der Waals surface area (Å²) in [7, 11) is 0. The Morgan fingerprint density at radius 1 is 1.20 bits per heavy atom. The van der Waals surface area contributed by atoms with Gasteiger partial charge >= 0.3 is 0 Å². The number of aromatic nitrogens is 4. The molecule has 4 rings (SSSR count). The number of hydrogen-bond donors (Lipinski definition) is 1. The zero-order chi connectivity index (χ0) is 17.3. The Morgan fingerprint density at radius 3 is 2.56 bits per heavy atom. The Kier molecular flexibility index (Phi) is 4.07. The van der Waals surface area contributed by atoms with Gasteiger partial charge in [0.2, 0.25) is 5.95 Å². The van der Waals surface area contributed by atoms with Gasteiger partial charge in [0.25, 0.3) is 5.91 Å². The van der Waals surface area contributed by atoms with Crippen molar-refractivity contribution in [3.05, 3.63) is 42.2 Å². The summed E-state index contributed by atoms with van der Waals surface area (Å²) in [4.78, 5) is 31.4. The lowest BCUT2D eigenvalue weighted by Crippen LogP contribution is -2.39. The van der Waals surface area contributed by atoms with Crippen LogP contribution in [0.15, 0.2) is 31.1 Å². The summed E-state index contributed by atoms with van der Waals surface area (Å²) in [5, 5.41) is 3.37. The zero-order valence-corrected chi connectivity index (χ0v) is 14.4. The monoisotopic (exact) mass is 338 g/mol. The smallest absolute Gasteiger partial charge is 0.257 e. The highest BCUT2D eigenvalue weighted by atomic mass is 16.2. The Balaban J connectivity index is 1.45. The van der Waals surface area contributed by atoms with Crippen LogP contribution in [0.25, 0.3) is 0 Å². The SMILES string of the molecule is CC1CCCN(C(=O)c2cnc(NC3(c4cncnc4)CC3)nc2)C1. The van der Waals surface area contributed by atoms with Gasteiger partial charge in [0.05, 0.1) is 11.1 Å². The number of amides is 1. The second-order valence-electron chi connectivity index (χ2n) is 7.13. The Morgan fingerprint density at radius 2 is 1.92 bits per heavy atom. The van der Waals surface area contributed by atoms with Crippen LogP contribution >= 0.6 is 0 Å². The number of carbonyl (C=O) groups excluding carboxylic acids is 1. The van der Waals surface area contributed by atoms with Gasteiger partial charge in [0.15, 0.2) is 0 Å². The van der Waals surface area contributed by atoms with Crippen molar-refractivity contribution >= 4 is 11.9 Å². The molecule has 130 valence electrons. The van der Waals surface area contributed by atoms with E-state index in [4.69, 9.17) is 0 Å². The maximum absolute atomic E-state index is 12.6. The van der Waals surface area contributed by atoms with Gasteiger partial charge in [-0.15, -0.1) is 0 Å². The molecule has 3 heterocycles. The first kappa shape index (κ1) is 15.9. The fourth-order valence-corrected chi connectivity index (χ4v) is 3.43. The third kappa shape index (κ3) is 3.31. The number of anilines is 1. The summed E-state index contributed by atoms with van der Waals surface area (Å²) >= 11 is 0. The van der Waals surface area contributed by atoms with Crippen LogP contribution < -0.4 is 5.32 Å². The average molecular weight is 338 g/mol. The van der Waals surface area contributed by atoms with Crippen molar-refractivity contribution in [3.63, 3.8) is 0 Å². The van der Waals surface area contributed by atoms with E-state index in [0.717, 1.165) is 37.9 Å². The van der Waals surface area contributed by atoms with Crippen molar-refractivity contribution in [2.45, 2.75) is 38.1 Å². The third-order valence-corrected chi connectivity index (χ3v) is 5.06. The molecule has 0 bridgehead atoms. The Hall–Kier alpha value is -2.57. The number of nitrogens with one attached hydrogen (secondary N) is 1. The maximum atomic E-state index is 12.6. The van der Waals surface area contributed by atoms with Crippen LogP contribution in [0.2, 0.25) is 0 Å². The molecule has 1 saturated heterocycles. The minimum atomic E-state index is -0.172. The number of carbonyl (C=O) groups is 1. The highest BCUT2D eigenvalue weighted by Crippen LogP contribution is 2.47. The van der Waals surface area contributed by atoms with Gasteiger partial charge < -0.3 is 10.2 Å². The molecule has 1 aliphatic carbocycles. The molecule has 2 fully saturated rings. The van der Waals surface area contributed by atoms with E-state index in [1.54, 1.807) is 12.4 Å². The second-order valence-corrected chi connectivity index (χ2v) is 7.13. The summed E-state index contributed by atoms with van der Waals surface area (Å²) in [6, 6.07) is 0. The number of nitrogens with zero attached hydrogens (tertiary/aromatic N) is 5. The second kappa shape index (κ2) is 6.38. The number of rotatable bonds is 4. The molecule has 1 amide bonds. The molecule has 2 aliphatic rings. The zero-order valence-electron chi connectivity index (χ0n) is 14.4. The molecule has 0 spiro atoms. The molecule has 1 saturated carbocycles. The highest BCUT2D eigenvalue weighted by molar-refractivity contribution is 5.93. The van der Waals surface area contributed by atoms with Gasteiger partial charge in [-0.3, -0.25) is 4.79 Å². The van der Waals surface area contributed by atoms with Crippen molar-refractivity contribution in [1.82, 2.24) is 24.8 Å². The van der Waals surface area contributed by atoms with Crippen LogP contribution in [0.3, 0.4) is 0 Å². The van der Waals surface area contributed by atoms with Crippen LogP contribution in [-0.4, -0.2) is 43.8 Å². The highest BCUT2D eigenvalue weighted by Gasteiger charge is 2.45. The van der Waals surface area contributed by atoms with Crippen molar-refractivity contribution in [1.29, 1.82) is 0 Å². The van der Waals surface area contributed by atoms with E-state index in [0.29, 0.717) is 17.4 Å². The maximum Gasteiger partial charge on any atom is 0.257 e. The van der Waals surface area contributed by atoms with Crippen molar-refractivity contribution < 1.29 is 4.79 Å². The Bertz CT molecular complexity index is 744. The fourth-order valence-electron chi connectivity index (χ4n) is 3.43. The molecule has 1 atom stereocenters. The van der Waals surface area contributed by atoms with E-state index in [2.05, 4.69) is 32.2 Å². The quantitative estimate of drug-likeness (QED) is 0.920. The standard InChI is InChI=1S/C18H22N6O/c1-13-3-2-6-24(11-13)16(25)14-7-21-17(22-8-14)23-18(4-5-18)15-9-19-12-20-10-15/h7-10,12-13H,2-6,11H2,1H3,(H,21,22,23). The lowest BCUT2D eigenvalue weighted by Gasteiger charge is -2.30. The molecule has 7 nitrogen and oxygen atoms in total. The minimum Gasteiger partial charge on any atom is -0.345 e. The molecule has 2 aromatic heterocycles. The number of likely N-dealkylation sites (tertiary alicyclic amines) is 1. The molecule has 7 heteroatoms. The predicted molar refractivity (Wildman–Crippen MR) is 92.9 cm³/mol. The topological polar surface area (TPSA) is 83.9 Å². The third-order valence-electron chi connectivity index (χ3n) is 5.06. The van der Waals surface area contributed by atoms with Crippen LogP contribution in [-0.2, 0) is 5.54 Å². The molecular formula is C18H22N6O. The van der Waals surface area contributed by atoms with E-state index >= 15 is 0 Å². The van der Waals surface area contributed by atoms with Gasteiger partial charge in [-0.1, -0.05) is 6.92 Å². The number of piperidine rings is 1. The van der Waals surface area contributed by atoms with Crippen LogP contribution in [0, 0.1) is 5.92 Å². The van der Waals surface area contributed by atoms with E-state index in [1.807, 2.05) is 17.3 Å². The van der Waals surface area contributed by atoms with Crippen LogP contribution in [0.1, 0.15) is 48.5 Å². The predicted octanol–water partition coefficient (Wildman–Crippen LogP) is 2.24. The normalized spacial score (nSPS) is 21.6. The molecule has 0 aromatic carbocycles. The summed E-state index contributed by atoms with van der Waals surface area (Å²) in [6.07, 6.45) is 12.7. The van der Waals surface area contributed by atoms with Crippen LogP contribution in [0.5, 0.6) is 0 Å². The molecule has 1 unspecified atom stereocenters. The van der Waals surface area contributed by atoms with Crippen molar-refractivity contribution in [3.8, 4) is 0 Å². The summed E-state index contributed by atoms with van der Waals surface area (Å²) < 4.78 is 0. The summed E-state index contributed by atoms with van der Waals surface area (Å²) in [5.41, 5.74) is 1.42. The first-order valence-electron chi connectivity index (χ1n) is 8.81. The van der Waals surface area contributed by atoms with E-state index < -0.39 is 0 Å². The van der Waals surface area contributed by atoms with Gasteiger partial charge in [-0.05, 0) is 31.6 Å². The largest absolute Gasteiger partial charge is 0.345 e. The molecule has 1 aliphatic heterocycles. The molecule has 2 aromatic rings. The summed E-state index contributed by atoms with van der Waals surface area (Å²) in [6.45, 7) is 3.82. The molecule has 25 heavy (non-hydrogen) atoms. The van der Waals surface area contributed by atoms with Gasteiger partial charge in [0.1, 0.15) is 6.33 Å². The lowest BCUT2D eigenvalue weighted by atomic mass is 10.00. The molecule has 1 N–H and O–H groups in total. The van der Waals surface area contributed by atoms with Crippen LogP contribution in [0.4, 0.5) is 5.95 Å². The average Bonchev–Trinajstić information content (AvgIpc) is 3.43. The number of hydrogen-bond acceptors (Lipinski definition) is 6. The first-order valence-corrected chi connectivity index (χ1v) is 8.81. The van der Waals surface area contributed by atoms with Gasteiger partial charge in [-0.25, -0.2) is 19.9 Å². The molecule has 0 radical (unpaired) electrons. The van der Waals surface area contributed by atoms with E-state index in [-0.39, 0.29) is 11.4 Å². The lowest BCUT2D eigenvalue weighted by molar-refractivity contribution is 0.0682. The summed E-state index contributed by atoms with van der Waals surface area (Å²) in [5.74, 6) is 1.11. The van der Waals surface area contributed by atoms with Crippen molar-refractivity contribution in [2.75, 3.05) is 18.4 Å². The minimum absolute atomic E-state index is 0.0238. The fraction of sp³-hybridized carbons (Fsp3) is 0.500. The first-order chi connectivity index (χ1) is 12.2. The van der Waals surface area contributed by atoms with Crippen molar-refractivity contribution in [2.24, 2.45) is 5.92 Å². The Labute approximate surface area is 146 Å². The van der Waals surface area contributed by atoms with E-state index in [9.17, 15) is 4.79 Å².